The van der Waals surface area contributed by atoms with Gasteiger partial charge in [0.1, 0.15) is 0 Å². The lowest BCUT2D eigenvalue weighted by Crippen LogP contribution is -2.51. The Morgan fingerprint density at radius 2 is 1.88 bits per heavy atom. The van der Waals surface area contributed by atoms with Gasteiger partial charge in [0, 0.05) is 31.7 Å². The smallest absolute Gasteiger partial charge is 0.302 e. The van der Waals surface area contributed by atoms with E-state index in [4.69, 9.17) is 16.0 Å². The van der Waals surface area contributed by atoms with Gasteiger partial charge in [-0.05, 0) is 31.2 Å². The lowest BCUT2D eigenvalue weighted by atomic mass is 9.64. The second-order valence-electron chi connectivity index (χ2n) is 7.81. The Hall–Kier alpha value is -1.86. The molecular formula is C20H25NO3. The molecule has 0 unspecified atom stereocenters. The average molecular weight is 327 g/mol. The van der Waals surface area contributed by atoms with E-state index in [1.807, 2.05) is 13.8 Å². The Bertz CT molecular complexity index is 645. The van der Waals surface area contributed by atoms with Crippen LogP contribution in [0, 0.1) is 12.0 Å². The van der Waals surface area contributed by atoms with E-state index in [-0.39, 0.29) is 17.0 Å². The van der Waals surface area contributed by atoms with Crippen LogP contribution < -0.4 is 0 Å². The number of carbonyl (C=O) groups is 1. The van der Waals surface area contributed by atoms with Crippen LogP contribution in [0.15, 0.2) is 24.3 Å². The molecule has 0 atom stereocenters. The van der Waals surface area contributed by atoms with Crippen molar-refractivity contribution in [2.75, 3.05) is 13.2 Å². The number of esters is 1. The topological polar surface area (TPSA) is 39.9 Å². The van der Waals surface area contributed by atoms with Crippen LogP contribution in [-0.4, -0.2) is 19.2 Å². The number of benzene rings is 1. The van der Waals surface area contributed by atoms with Crippen molar-refractivity contribution in [1.82, 2.24) is 0 Å². The Morgan fingerprint density at radius 3 is 2.33 bits per heavy atom. The minimum atomic E-state index is -0.491. The predicted molar refractivity (Wildman–Crippen MR) is 91.2 cm³/mol. The average Bonchev–Trinajstić information content (AvgIpc) is 2.62. The molecule has 2 saturated heterocycles. The summed E-state index contributed by atoms with van der Waals surface area (Å²) in [4.78, 5) is 14.8. The molecule has 4 rings (SSSR count). The third kappa shape index (κ3) is 2.93. The molecule has 1 aromatic rings. The van der Waals surface area contributed by atoms with Gasteiger partial charge in [-0.15, -0.1) is 0 Å². The Kier molecular flexibility index (Phi) is 4.17. The molecule has 4 heteroatoms. The summed E-state index contributed by atoms with van der Waals surface area (Å²) in [6, 6.07) is 8.35. The maximum Gasteiger partial charge on any atom is 0.302 e. The molecule has 24 heavy (non-hydrogen) atoms. The minimum Gasteiger partial charge on any atom is -0.465 e. The molecule has 1 saturated carbocycles. The largest absolute Gasteiger partial charge is 0.465 e. The first-order chi connectivity index (χ1) is 11.3. The van der Waals surface area contributed by atoms with Gasteiger partial charge in [-0.25, -0.2) is 6.57 Å². The molecule has 4 nitrogen and oxygen atoms in total. The summed E-state index contributed by atoms with van der Waals surface area (Å²) in [5, 5.41) is 0. The molecule has 0 amide bonds. The maximum atomic E-state index is 11.1. The van der Waals surface area contributed by atoms with Gasteiger partial charge in [-0.3, -0.25) is 4.79 Å². The fourth-order valence-electron chi connectivity index (χ4n) is 3.82. The zero-order chi connectivity index (χ0) is 17.4. The number of ether oxygens (including phenoxy) is 2. The number of hydrogen-bond donors (Lipinski definition) is 0. The number of carbonyl (C=O) groups excluding carboxylic acids is 1. The third-order valence-corrected chi connectivity index (χ3v) is 5.75. The summed E-state index contributed by atoms with van der Waals surface area (Å²) in [6.45, 7) is 13.8. The van der Waals surface area contributed by atoms with Crippen molar-refractivity contribution in [3.8, 4) is 0 Å². The zero-order valence-electron chi connectivity index (χ0n) is 14.7. The van der Waals surface area contributed by atoms with E-state index in [9.17, 15) is 4.79 Å². The van der Waals surface area contributed by atoms with Crippen LogP contribution >= 0.6 is 0 Å². The van der Waals surface area contributed by atoms with Crippen molar-refractivity contribution in [3.63, 3.8) is 0 Å². The first-order valence-electron chi connectivity index (χ1n) is 8.58. The fraction of sp³-hybridized carbons (Fsp3) is 0.600. The van der Waals surface area contributed by atoms with Crippen LogP contribution in [-0.2, 0) is 25.4 Å². The van der Waals surface area contributed by atoms with Crippen LogP contribution in [0.2, 0.25) is 0 Å². The standard InChI is InChI=1S/C20H25NO3/c1-15(22)23-13-19-9-11-20(12-10-19,24-14-19)17-7-5-16(6-8-17)18(2,3)21-4/h5-8H,9-14H2,1-3H3. The number of hydrogen-bond acceptors (Lipinski definition) is 3. The quantitative estimate of drug-likeness (QED) is 0.615. The molecule has 0 N–H and O–H groups in total. The van der Waals surface area contributed by atoms with E-state index in [0.717, 1.165) is 31.2 Å². The van der Waals surface area contributed by atoms with E-state index in [1.165, 1.54) is 12.5 Å². The summed E-state index contributed by atoms with van der Waals surface area (Å²) in [7, 11) is 0. The predicted octanol–water partition coefficient (Wildman–Crippen LogP) is 4.19. The van der Waals surface area contributed by atoms with Gasteiger partial charge in [-0.1, -0.05) is 24.3 Å². The van der Waals surface area contributed by atoms with E-state index in [1.54, 1.807) is 0 Å². The van der Waals surface area contributed by atoms with Gasteiger partial charge in [0.15, 0.2) is 0 Å². The highest BCUT2D eigenvalue weighted by molar-refractivity contribution is 5.65. The van der Waals surface area contributed by atoms with E-state index in [0.29, 0.717) is 13.2 Å². The first-order valence-corrected chi connectivity index (χ1v) is 8.58. The third-order valence-electron chi connectivity index (χ3n) is 5.75. The Morgan fingerprint density at radius 1 is 1.25 bits per heavy atom. The second-order valence-corrected chi connectivity index (χ2v) is 7.81. The molecule has 1 aromatic carbocycles. The molecule has 2 aliphatic heterocycles. The molecule has 1 aliphatic carbocycles. The molecule has 0 aromatic heterocycles. The SMILES string of the molecule is [C-]#[N+]C(C)(C)c1ccc(C23CCC(COC(C)=O)(CC2)CO3)cc1. The lowest BCUT2D eigenvalue weighted by molar-refractivity contribution is -0.205. The van der Waals surface area contributed by atoms with Crippen molar-refractivity contribution in [2.24, 2.45) is 5.41 Å². The summed E-state index contributed by atoms with van der Waals surface area (Å²) < 4.78 is 11.5. The molecule has 0 radical (unpaired) electrons. The summed E-state index contributed by atoms with van der Waals surface area (Å²) >= 11 is 0. The highest BCUT2D eigenvalue weighted by atomic mass is 16.5. The molecule has 3 fully saturated rings. The molecular weight excluding hydrogens is 302 g/mol. The van der Waals surface area contributed by atoms with Crippen LogP contribution in [0.3, 0.4) is 0 Å². The minimum absolute atomic E-state index is 0.000545. The van der Waals surface area contributed by atoms with Gasteiger partial charge in [-0.2, -0.15) is 0 Å². The number of fused-ring (bicyclic) bond motifs is 3. The van der Waals surface area contributed by atoms with Gasteiger partial charge in [0.25, 0.3) is 5.54 Å². The first kappa shape index (κ1) is 17.0. The van der Waals surface area contributed by atoms with E-state index in [2.05, 4.69) is 29.1 Å². The number of rotatable bonds is 4. The molecule has 128 valence electrons. The van der Waals surface area contributed by atoms with E-state index >= 15 is 0 Å². The highest BCUT2D eigenvalue weighted by Crippen LogP contribution is 2.53. The lowest BCUT2D eigenvalue weighted by Gasteiger charge is -2.53. The van der Waals surface area contributed by atoms with Crippen LogP contribution in [0.5, 0.6) is 0 Å². The molecule has 3 aliphatic rings. The zero-order valence-corrected chi connectivity index (χ0v) is 14.7. The maximum absolute atomic E-state index is 11.1. The van der Waals surface area contributed by atoms with Crippen LogP contribution in [0.4, 0.5) is 0 Å². The van der Waals surface area contributed by atoms with Crippen molar-refractivity contribution in [1.29, 1.82) is 0 Å². The van der Waals surface area contributed by atoms with Crippen molar-refractivity contribution in [2.45, 2.75) is 57.6 Å². The highest BCUT2D eigenvalue weighted by Gasteiger charge is 2.51. The summed E-state index contributed by atoms with van der Waals surface area (Å²) in [5.41, 5.74) is 1.54. The Balaban J connectivity index is 1.74. The van der Waals surface area contributed by atoms with Crippen LogP contribution in [0.1, 0.15) is 57.6 Å². The number of nitrogens with zero attached hydrogens (tertiary/aromatic N) is 1. The van der Waals surface area contributed by atoms with Gasteiger partial charge >= 0.3 is 5.97 Å². The Labute approximate surface area is 144 Å². The van der Waals surface area contributed by atoms with Gasteiger partial charge in [0.05, 0.1) is 18.8 Å². The molecule has 0 spiro atoms. The van der Waals surface area contributed by atoms with Crippen molar-refractivity contribution >= 4 is 5.97 Å². The summed E-state index contributed by atoms with van der Waals surface area (Å²) in [6.07, 6.45) is 3.96. The molecule has 2 heterocycles. The summed E-state index contributed by atoms with van der Waals surface area (Å²) in [5.74, 6) is -0.218. The van der Waals surface area contributed by atoms with E-state index < -0.39 is 5.54 Å². The monoisotopic (exact) mass is 327 g/mol. The van der Waals surface area contributed by atoms with Crippen molar-refractivity contribution in [3.05, 3.63) is 46.8 Å². The fourth-order valence-corrected chi connectivity index (χ4v) is 3.82. The van der Waals surface area contributed by atoms with Crippen LogP contribution in [0.25, 0.3) is 4.85 Å². The second kappa shape index (κ2) is 5.89. The normalized spacial score (nSPS) is 29.1. The van der Waals surface area contributed by atoms with Crippen molar-refractivity contribution < 1.29 is 14.3 Å². The van der Waals surface area contributed by atoms with Gasteiger partial charge in [0.2, 0.25) is 0 Å². The molecule has 2 bridgehead atoms. The van der Waals surface area contributed by atoms with Gasteiger partial charge < -0.3 is 14.3 Å².